The first-order chi connectivity index (χ1) is 16.1. The number of ether oxygens (including phenoxy) is 1. The number of carbonyl (C=O) groups excluding carboxylic acids is 2. The molecule has 0 spiro atoms. The Labute approximate surface area is 190 Å². The number of esters is 1. The van der Waals surface area contributed by atoms with E-state index in [0.29, 0.717) is 17.0 Å². The number of H-pyrrole nitrogens is 1. The fraction of sp³-hybridized carbons (Fsp3) is 0.0769. The summed E-state index contributed by atoms with van der Waals surface area (Å²) in [7, 11) is 1.33. The lowest BCUT2D eigenvalue weighted by atomic mass is 9.90. The maximum Gasteiger partial charge on any atom is 0.337 e. The van der Waals surface area contributed by atoms with Crippen LogP contribution in [0.15, 0.2) is 90.3 Å². The zero-order valence-corrected chi connectivity index (χ0v) is 17.8. The zero-order chi connectivity index (χ0) is 22.8. The van der Waals surface area contributed by atoms with Crippen molar-refractivity contribution in [2.45, 2.75) is 5.92 Å². The molecule has 0 fully saturated rings. The van der Waals surface area contributed by atoms with Crippen molar-refractivity contribution in [1.82, 2.24) is 9.97 Å². The number of nitrogens with zero attached hydrogens (tertiary/aromatic N) is 2. The number of aromatic amines is 1. The number of fused-ring (bicyclic) bond motifs is 1. The molecule has 4 aromatic rings. The molecule has 1 unspecified atom stereocenters. The quantitative estimate of drug-likeness (QED) is 0.349. The van der Waals surface area contributed by atoms with E-state index in [1.807, 2.05) is 54.6 Å². The molecule has 7 heteroatoms. The third-order valence-electron chi connectivity index (χ3n) is 5.57. The summed E-state index contributed by atoms with van der Waals surface area (Å²) < 4.78 is 4.80. The van der Waals surface area contributed by atoms with E-state index in [2.05, 4.69) is 15.3 Å². The van der Waals surface area contributed by atoms with E-state index in [-0.39, 0.29) is 5.91 Å². The van der Waals surface area contributed by atoms with Crippen LogP contribution in [0.5, 0.6) is 0 Å². The number of benzene rings is 3. The van der Waals surface area contributed by atoms with Crippen LogP contribution in [0.4, 0.5) is 11.4 Å². The molecule has 1 aliphatic heterocycles. The van der Waals surface area contributed by atoms with Crippen molar-refractivity contribution >= 4 is 29.0 Å². The summed E-state index contributed by atoms with van der Waals surface area (Å²) >= 11 is 0. The normalized spacial score (nSPS) is 15.1. The summed E-state index contributed by atoms with van der Waals surface area (Å²) in [4.78, 5) is 37.0. The minimum atomic E-state index is -0.610. The highest BCUT2D eigenvalue weighted by atomic mass is 16.5. The number of anilines is 1. The van der Waals surface area contributed by atoms with E-state index in [0.717, 1.165) is 28.1 Å². The van der Waals surface area contributed by atoms with Crippen LogP contribution in [0.2, 0.25) is 0 Å². The van der Waals surface area contributed by atoms with Crippen LogP contribution in [0.25, 0.3) is 11.3 Å². The summed E-state index contributed by atoms with van der Waals surface area (Å²) in [6.45, 7) is 0. The second-order valence-corrected chi connectivity index (χ2v) is 7.59. The number of methoxy groups -OCH3 is 1. The average Bonchev–Trinajstić information content (AvgIpc) is 3.50. The molecule has 0 aliphatic carbocycles. The molecule has 0 radical (unpaired) electrons. The number of aromatic nitrogens is 2. The molecule has 1 amide bonds. The molecule has 162 valence electrons. The number of amides is 1. The van der Waals surface area contributed by atoms with Gasteiger partial charge in [-0.15, -0.1) is 0 Å². The number of carbonyl (C=O) groups is 2. The Morgan fingerprint density at radius 2 is 1.79 bits per heavy atom. The second-order valence-electron chi connectivity index (χ2n) is 7.59. The standard InChI is InChI=1S/C26H20N4O3/c1-33-26(32)18-9-12-20-21(13-18)30-25(31)23(20)24(17-5-3-2-4-6-17)29-19-10-7-16(8-11-19)22-14-27-15-28-22/h2-15,23H,1H3,(H,27,28)(H,30,31). The lowest BCUT2D eigenvalue weighted by molar-refractivity contribution is -0.115. The zero-order valence-electron chi connectivity index (χ0n) is 17.8. The maximum atomic E-state index is 13.1. The third-order valence-corrected chi connectivity index (χ3v) is 5.57. The van der Waals surface area contributed by atoms with Crippen LogP contribution in [0, 0.1) is 0 Å². The first-order valence-corrected chi connectivity index (χ1v) is 10.4. The molecule has 7 nitrogen and oxygen atoms in total. The van der Waals surface area contributed by atoms with Crippen LogP contribution in [0.1, 0.15) is 27.4 Å². The third kappa shape index (κ3) is 3.92. The molecule has 2 N–H and O–H groups in total. The van der Waals surface area contributed by atoms with Crippen molar-refractivity contribution in [1.29, 1.82) is 0 Å². The fourth-order valence-electron chi connectivity index (χ4n) is 3.95. The van der Waals surface area contributed by atoms with Crippen LogP contribution in [-0.2, 0) is 9.53 Å². The van der Waals surface area contributed by atoms with Gasteiger partial charge in [-0.05, 0) is 41.0 Å². The highest BCUT2D eigenvalue weighted by Crippen LogP contribution is 2.37. The summed E-state index contributed by atoms with van der Waals surface area (Å²) in [5.74, 6) is -1.25. The number of aliphatic imine (C=N–C) groups is 1. The van der Waals surface area contributed by atoms with Gasteiger partial charge in [0.1, 0.15) is 5.92 Å². The Morgan fingerprint density at radius 3 is 2.48 bits per heavy atom. The number of nitrogens with one attached hydrogen (secondary N) is 2. The van der Waals surface area contributed by atoms with E-state index in [9.17, 15) is 9.59 Å². The van der Waals surface area contributed by atoms with Gasteiger partial charge in [0.05, 0.1) is 42.3 Å². The van der Waals surface area contributed by atoms with Crippen molar-refractivity contribution in [3.05, 3.63) is 102 Å². The van der Waals surface area contributed by atoms with Crippen molar-refractivity contribution in [2.24, 2.45) is 4.99 Å². The Hall–Kier alpha value is -4.52. The summed E-state index contributed by atoms with van der Waals surface area (Å²) in [5, 5.41) is 2.89. The molecule has 1 atom stereocenters. The van der Waals surface area contributed by atoms with Gasteiger partial charge in [-0.2, -0.15) is 0 Å². The van der Waals surface area contributed by atoms with Crippen LogP contribution >= 0.6 is 0 Å². The van der Waals surface area contributed by atoms with Crippen molar-refractivity contribution in [2.75, 3.05) is 12.4 Å². The van der Waals surface area contributed by atoms with Gasteiger partial charge in [0.15, 0.2) is 0 Å². The molecule has 3 aromatic carbocycles. The van der Waals surface area contributed by atoms with E-state index in [1.54, 1.807) is 30.7 Å². The number of hydrogen-bond acceptors (Lipinski definition) is 5. The second kappa shape index (κ2) is 8.55. The van der Waals surface area contributed by atoms with Crippen LogP contribution < -0.4 is 5.32 Å². The van der Waals surface area contributed by atoms with Gasteiger partial charge in [-0.25, -0.2) is 9.78 Å². The molecule has 33 heavy (non-hydrogen) atoms. The molecular weight excluding hydrogens is 416 g/mol. The number of rotatable bonds is 5. The molecule has 2 heterocycles. The lowest BCUT2D eigenvalue weighted by Gasteiger charge is -2.14. The van der Waals surface area contributed by atoms with Gasteiger partial charge >= 0.3 is 5.97 Å². The Morgan fingerprint density at radius 1 is 1.00 bits per heavy atom. The molecule has 0 saturated carbocycles. The van der Waals surface area contributed by atoms with Crippen molar-refractivity contribution in [3.8, 4) is 11.3 Å². The molecule has 1 aliphatic rings. The van der Waals surface area contributed by atoms with E-state index in [4.69, 9.17) is 9.73 Å². The average molecular weight is 436 g/mol. The van der Waals surface area contributed by atoms with E-state index >= 15 is 0 Å². The lowest BCUT2D eigenvalue weighted by Crippen LogP contribution is -2.21. The Kier molecular flexibility index (Phi) is 5.28. The monoisotopic (exact) mass is 436 g/mol. The minimum Gasteiger partial charge on any atom is -0.465 e. The van der Waals surface area contributed by atoms with Crippen molar-refractivity contribution in [3.63, 3.8) is 0 Å². The molecule has 1 aromatic heterocycles. The summed E-state index contributed by atoms with van der Waals surface area (Å²) in [5.41, 5.74) is 5.85. The van der Waals surface area contributed by atoms with Gasteiger partial charge in [0.25, 0.3) is 0 Å². The molecule has 0 saturated heterocycles. The predicted octanol–water partition coefficient (Wildman–Crippen LogP) is 4.72. The Bertz CT molecular complexity index is 1340. The van der Waals surface area contributed by atoms with Gasteiger partial charge in [-0.1, -0.05) is 48.5 Å². The molecule has 5 rings (SSSR count). The van der Waals surface area contributed by atoms with Crippen molar-refractivity contribution < 1.29 is 14.3 Å². The fourth-order valence-corrected chi connectivity index (χ4v) is 3.95. The Balaban J connectivity index is 1.57. The first kappa shape index (κ1) is 20.4. The van der Waals surface area contributed by atoms with Gasteiger partial charge in [0, 0.05) is 5.69 Å². The number of imidazole rings is 1. The van der Waals surface area contributed by atoms with Gasteiger partial charge in [0.2, 0.25) is 5.91 Å². The number of hydrogen-bond donors (Lipinski definition) is 2. The smallest absolute Gasteiger partial charge is 0.337 e. The van der Waals surface area contributed by atoms with Gasteiger partial charge < -0.3 is 15.0 Å². The maximum absolute atomic E-state index is 13.1. The minimum absolute atomic E-state index is 0.191. The van der Waals surface area contributed by atoms with Crippen LogP contribution in [0.3, 0.4) is 0 Å². The highest BCUT2D eigenvalue weighted by molar-refractivity contribution is 6.24. The SMILES string of the molecule is COC(=O)c1ccc2c(c1)NC(=O)C2C(=Nc1ccc(-c2cnc[nH]2)cc1)c1ccccc1. The van der Waals surface area contributed by atoms with E-state index in [1.165, 1.54) is 7.11 Å². The molecule has 0 bridgehead atoms. The van der Waals surface area contributed by atoms with E-state index < -0.39 is 11.9 Å². The highest BCUT2D eigenvalue weighted by Gasteiger charge is 2.35. The summed E-state index contributed by atoms with van der Waals surface area (Å²) in [6.07, 6.45) is 3.40. The van der Waals surface area contributed by atoms with Gasteiger partial charge in [-0.3, -0.25) is 9.79 Å². The summed E-state index contributed by atoms with van der Waals surface area (Å²) in [6, 6.07) is 22.5. The largest absolute Gasteiger partial charge is 0.465 e. The van der Waals surface area contributed by atoms with Crippen LogP contribution in [-0.4, -0.2) is 34.7 Å². The first-order valence-electron chi connectivity index (χ1n) is 10.4. The predicted molar refractivity (Wildman–Crippen MR) is 126 cm³/mol. The molecular formula is C26H20N4O3. The topological polar surface area (TPSA) is 96.4 Å².